The highest BCUT2D eigenvalue weighted by Gasteiger charge is 2.41. The van der Waals surface area contributed by atoms with Crippen LogP contribution >= 0.6 is 0 Å². The Morgan fingerprint density at radius 2 is 0.568 bits per heavy atom. The van der Waals surface area contributed by atoms with Crippen LogP contribution in [0.3, 0.4) is 0 Å². The fourth-order valence-electron chi connectivity index (χ4n) is 14.1. The van der Waals surface area contributed by atoms with Gasteiger partial charge in [0, 0.05) is 54.8 Å². The van der Waals surface area contributed by atoms with Crippen molar-refractivity contribution >= 4 is 94.2 Å². The van der Waals surface area contributed by atoms with Gasteiger partial charge in [-0.2, -0.15) is 9.97 Å². The van der Waals surface area contributed by atoms with E-state index in [0.29, 0.717) is 17.6 Å². The Kier molecular flexibility index (Phi) is 12.1. The van der Waals surface area contributed by atoms with Crippen molar-refractivity contribution in [3.63, 3.8) is 0 Å². The molecule has 0 aliphatic rings. The molecular weight excluding hydrogens is 1090 g/mol. The zero-order valence-corrected chi connectivity index (χ0v) is 48.9. The van der Waals surface area contributed by atoms with E-state index in [1.807, 2.05) is 0 Å². The summed E-state index contributed by atoms with van der Waals surface area (Å²) in [6.07, 6.45) is 0. The number of aromatic nitrogens is 6. The summed E-state index contributed by atoms with van der Waals surface area (Å²) in [5.74, 6) is 1.65. The number of para-hydroxylation sites is 4. The van der Waals surface area contributed by atoms with Crippen LogP contribution in [0, 0.1) is 0 Å². The average molecular weight is 1140 g/mol. The molecule has 0 aliphatic carbocycles. The van der Waals surface area contributed by atoms with Gasteiger partial charge in [-0.3, -0.25) is 4.57 Å². The quantitative estimate of drug-likeness (QED) is 0.0958. The summed E-state index contributed by atoms with van der Waals surface area (Å²) in [6, 6.07) is 119. The number of nitrogens with zero attached hydrogens (tertiary/aromatic N) is 6. The van der Waals surface area contributed by atoms with Gasteiger partial charge in [-0.05, 0) is 104 Å². The molecule has 0 amide bonds. The van der Waals surface area contributed by atoms with Gasteiger partial charge in [-0.15, -0.1) is 0 Å². The zero-order valence-electron chi connectivity index (χ0n) is 47.9. The Morgan fingerprint density at radius 1 is 0.227 bits per heavy atom. The molecule has 0 aliphatic heterocycles. The van der Waals surface area contributed by atoms with Crippen LogP contribution in [0.15, 0.2) is 328 Å². The predicted octanol–water partition coefficient (Wildman–Crippen LogP) is 17.2. The highest BCUT2D eigenvalue weighted by molar-refractivity contribution is 7.19. The number of fused-ring (bicyclic) bond motifs is 9. The Hall–Kier alpha value is -11.5. The molecule has 17 aromatic rings. The van der Waals surface area contributed by atoms with Crippen molar-refractivity contribution in [1.82, 2.24) is 28.7 Å². The monoisotopic (exact) mass is 1140 g/mol. The molecule has 4 heterocycles. The van der Waals surface area contributed by atoms with Crippen LogP contribution in [0.25, 0.3) is 128 Å². The van der Waals surface area contributed by atoms with Crippen molar-refractivity contribution in [2.45, 2.75) is 0 Å². The van der Waals surface area contributed by atoms with Gasteiger partial charge < -0.3 is 9.13 Å². The molecule has 17 rings (SSSR count). The van der Waals surface area contributed by atoms with Gasteiger partial charge in [0.2, 0.25) is 5.95 Å². The molecule has 88 heavy (non-hydrogen) atoms. The largest absolute Gasteiger partial charge is 0.309 e. The maximum atomic E-state index is 5.81. The molecule has 7 heteroatoms. The summed E-state index contributed by atoms with van der Waals surface area (Å²) in [5.41, 5.74) is 14.7. The van der Waals surface area contributed by atoms with Gasteiger partial charge in [-0.1, -0.05) is 267 Å². The normalized spacial score (nSPS) is 11.9. The molecule has 0 saturated heterocycles. The molecule has 6 nitrogen and oxygen atoms in total. The van der Waals surface area contributed by atoms with E-state index >= 15 is 0 Å². The summed E-state index contributed by atoms with van der Waals surface area (Å²) in [4.78, 5) is 17.3. The first-order chi connectivity index (χ1) is 43.7. The lowest BCUT2D eigenvalue weighted by atomic mass is 9.91. The van der Waals surface area contributed by atoms with Crippen molar-refractivity contribution in [1.29, 1.82) is 0 Å². The minimum Gasteiger partial charge on any atom is -0.309 e. The minimum absolute atomic E-state index is 0.513. The van der Waals surface area contributed by atoms with E-state index in [1.54, 1.807) is 0 Å². The second kappa shape index (κ2) is 20.9. The lowest BCUT2D eigenvalue weighted by Gasteiger charge is -2.34. The maximum absolute atomic E-state index is 5.81. The molecule has 0 radical (unpaired) electrons. The second-order valence-electron chi connectivity index (χ2n) is 22.6. The Morgan fingerprint density at radius 3 is 1.00 bits per heavy atom. The van der Waals surface area contributed by atoms with E-state index < -0.39 is 8.07 Å². The van der Waals surface area contributed by atoms with Crippen LogP contribution in [0.5, 0.6) is 0 Å². The highest BCUT2D eigenvalue weighted by atomic mass is 28.3. The van der Waals surface area contributed by atoms with E-state index in [-0.39, 0.29) is 0 Å². The second-order valence-corrected chi connectivity index (χ2v) is 26.5. The molecule has 4 aromatic heterocycles. The summed E-state index contributed by atoms with van der Waals surface area (Å²) >= 11 is 0. The third-order valence-corrected chi connectivity index (χ3v) is 22.6. The zero-order chi connectivity index (χ0) is 58.1. The van der Waals surface area contributed by atoms with Gasteiger partial charge in [0.15, 0.2) is 19.7 Å². The van der Waals surface area contributed by atoms with Crippen molar-refractivity contribution in [3.8, 4) is 62.4 Å². The first-order valence-corrected chi connectivity index (χ1v) is 32.0. The summed E-state index contributed by atoms with van der Waals surface area (Å²) in [7, 11) is -2.99. The van der Waals surface area contributed by atoms with Crippen LogP contribution in [0.4, 0.5) is 0 Å². The third kappa shape index (κ3) is 8.13. The van der Waals surface area contributed by atoms with Crippen molar-refractivity contribution < 1.29 is 0 Å². The van der Waals surface area contributed by atoms with Gasteiger partial charge in [0.05, 0.1) is 33.1 Å². The standard InChI is InChI=1S/C81H54N6Si/c1-6-26-55(27-7-1)64-42-25-43-65(56-28-8-2-9-29-56)78(64)80-82-79(57-30-24-37-63(52-57)88(60-31-10-3-11-32-60,61-33-12-4-13-34-61)62-35-14-5-15-36-62)83-81(84-80)87-76-50-48-58(85-72-44-20-16-38-66(72)67-39-17-21-45-73(67)85)53-70(76)71-54-59(49-51-77(71)87)86-74-46-22-18-40-68(74)69-41-19-23-47-75(69)86/h1-54H. The minimum atomic E-state index is -2.99. The van der Waals surface area contributed by atoms with Crippen molar-refractivity contribution in [2.75, 3.05) is 0 Å². The van der Waals surface area contributed by atoms with Gasteiger partial charge >= 0.3 is 0 Å². The number of benzene rings is 13. The van der Waals surface area contributed by atoms with Gasteiger partial charge in [0.25, 0.3) is 0 Å². The molecule has 0 unspecified atom stereocenters. The third-order valence-electron chi connectivity index (χ3n) is 17.9. The Balaban J connectivity index is 0.974. The maximum Gasteiger partial charge on any atom is 0.238 e. The van der Waals surface area contributed by atoms with Crippen LogP contribution < -0.4 is 20.7 Å². The van der Waals surface area contributed by atoms with E-state index in [4.69, 9.17) is 15.0 Å². The number of rotatable bonds is 11. The first kappa shape index (κ1) is 51.0. The average Bonchev–Trinajstić information content (AvgIpc) is 1.63. The topological polar surface area (TPSA) is 53.5 Å². The number of hydrogen-bond donors (Lipinski definition) is 0. The highest BCUT2D eigenvalue weighted by Crippen LogP contribution is 2.43. The molecule has 0 atom stereocenters. The molecular formula is C81H54N6Si. The molecule has 0 bridgehead atoms. The summed E-state index contributed by atoms with van der Waals surface area (Å²) < 4.78 is 7.09. The van der Waals surface area contributed by atoms with Crippen LogP contribution in [-0.4, -0.2) is 36.7 Å². The van der Waals surface area contributed by atoms with Crippen LogP contribution in [0.1, 0.15) is 0 Å². The molecule has 0 N–H and O–H groups in total. The Bertz CT molecular complexity index is 5070. The van der Waals surface area contributed by atoms with Crippen LogP contribution in [0.2, 0.25) is 0 Å². The molecule has 0 fully saturated rings. The van der Waals surface area contributed by atoms with E-state index in [1.165, 1.54) is 42.3 Å². The SMILES string of the molecule is c1ccc(-c2cccc(-c3ccccc3)c2-c2nc(-c3cccc([Si](c4ccccc4)(c4ccccc4)c4ccccc4)c3)nc(-n3c4ccc(-n5c6ccccc6c6ccccc65)cc4c4cc(-n5c6ccccc6c6ccccc65)ccc43)n2)cc1. The fourth-order valence-corrected chi connectivity index (χ4v) is 18.9. The van der Waals surface area contributed by atoms with E-state index in [9.17, 15) is 0 Å². The molecule has 0 spiro atoms. The Labute approximate surface area is 509 Å². The lowest BCUT2D eigenvalue weighted by molar-refractivity contribution is 0.953. The summed E-state index contributed by atoms with van der Waals surface area (Å²) in [6.45, 7) is 0. The van der Waals surface area contributed by atoms with Gasteiger partial charge in [-0.25, -0.2) is 4.98 Å². The van der Waals surface area contributed by atoms with Crippen molar-refractivity contribution in [3.05, 3.63) is 328 Å². The predicted molar refractivity (Wildman–Crippen MR) is 368 cm³/mol. The first-order valence-electron chi connectivity index (χ1n) is 30.0. The summed E-state index contributed by atoms with van der Waals surface area (Å²) in [5, 5.41) is 12.1. The van der Waals surface area contributed by atoms with E-state index in [2.05, 4.69) is 341 Å². The van der Waals surface area contributed by atoms with Gasteiger partial charge in [0.1, 0.15) is 0 Å². The molecule has 13 aromatic carbocycles. The molecule has 412 valence electrons. The molecule has 0 saturated carbocycles. The smallest absolute Gasteiger partial charge is 0.238 e. The van der Waals surface area contributed by atoms with Crippen molar-refractivity contribution in [2.24, 2.45) is 0 Å². The lowest BCUT2D eigenvalue weighted by Crippen LogP contribution is -2.74. The fraction of sp³-hybridized carbons (Fsp3) is 0. The van der Waals surface area contributed by atoms with Crippen LogP contribution in [-0.2, 0) is 0 Å². The number of hydrogen-bond acceptors (Lipinski definition) is 3. The van der Waals surface area contributed by atoms with E-state index in [0.717, 1.165) is 88.6 Å².